The van der Waals surface area contributed by atoms with E-state index in [9.17, 15) is 5.11 Å². The van der Waals surface area contributed by atoms with Gasteiger partial charge in [-0.25, -0.2) is 0 Å². The highest BCUT2D eigenvalue weighted by Crippen LogP contribution is 2.29. The van der Waals surface area contributed by atoms with E-state index in [1.807, 2.05) is 18.2 Å². The normalized spacial score (nSPS) is 10.5. The quantitative estimate of drug-likeness (QED) is 0.785. The van der Waals surface area contributed by atoms with Gasteiger partial charge in [0.25, 0.3) is 0 Å². The standard InChI is InChI=1S/C12H13NO2/c1-15-12-5-8(7-13)4-9-6-10(14)2-3-11(9)12/h2-6,14H,7,13H2,1H3. The van der Waals surface area contributed by atoms with Crippen LogP contribution in [0.25, 0.3) is 10.8 Å². The zero-order chi connectivity index (χ0) is 10.8. The Morgan fingerprint density at radius 2 is 2.07 bits per heavy atom. The summed E-state index contributed by atoms with van der Waals surface area (Å²) in [6.45, 7) is 0.460. The number of hydrogen-bond acceptors (Lipinski definition) is 3. The van der Waals surface area contributed by atoms with Gasteiger partial charge in [0, 0.05) is 11.9 Å². The fraction of sp³-hybridized carbons (Fsp3) is 0.167. The molecule has 0 aliphatic carbocycles. The summed E-state index contributed by atoms with van der Waals surface area (Å²) >= 11 is 0. The Balaban J connectivity index is 2.74. The van der Waals surface area contributed by atoms with E-state index in [1.54, 1.807) is 19.2 Å². The summed E-state index contributed by atoms with van der Waals surface area (Å²) in [5, 5.41) is 11.3. The SMILES string of the molecule is COc1cc(CN)cc2cc(O)ccc12. The molecule has 0 heterocycles. The molecule has 0 saturated carbocycles. The first-order valence-corrected chi connectivity index (χ1v) is 4.74. The molecule has 0 atom stereocenters. The summed E-state index contributed by atoms with van der Waals surface area (Å²) in [6, 6.07) is 9.06. The molecule has 0 aromatic heterocycles. The van der Waals surface area contributed by atoms with Crippen LogP contribution in [0.15, 0.2) is 30.3 Å². The number of hydrogen-bond donors (Lipinski definition) is 2. The van der Waals surface area contributed by atoms with Gasteiger partial charge in [0.1, 0.15) is 11.5 Å². The second-order valence-corrected chi connectivity index (χ2v) is 3.41. The number of rotatable bonds is 2. The molecule has 2 aromatic carbocycles. The summed E-state index contributed by atoms with van der Waals surface area (Å²) < 4.78 is 5.27. The molecule has 2 aromatic rings. The molecule has 0 spiro atoms. The smallest absolute Gasteiger partial charge is 0.127 e. The van der Waals surface area contributed by atoms with Crippen molar-refractivity contribution in [1.29, 1.82) is 0 Å². The van der Waals surface area contributed by atoms with Crippen LogP contribution in [0.5, 0.6) is 11.5 Å². The summed E-state index contributed by atoms with van der Waals surface area (Å²) in [5.74, 6) is 1.03. The zero-order valence-corrected chi connectivity index (χ0v) is 8.53. The number of phenolic OH excluding ortho intramolecular Hbond substituents is 1. The topological polar surface area (TPSA) is 55.5 Å². The van der Waals surface area contributed by atoms with Crippen LogP contribution in [-0.2, 0) is 6.54 Å². The molecule has 0 radical (unpaired) electrons. The van der Waals surface area contributed by atoms with Crippen molar-refractivity contribution < 1.29 is 9.84 Å². The van der Waals surface area contributed by atoms with Gasteiger partial charge in [-0.05, 0) is 41.3 Å². The van der Waals surface area contributed by atoms with E-state index >= 15 is 0 Å². The van der Waals surface area contributed by atoms with Crippen LogP contribution in [0.1, 0.15) is 5.56 Å². The van der Waals surface area contributed by atoms with Crippen LogP contribution >= 0.6 is 0 Å². The molecule has 0 aliphatic heterocycles. The van der Waals surface area contributed by atoms with Crippen LogP contribution in [-0.4, -0.2) is 12.2 Å². The molecule has 2 rings (SSSR count). The van der Waals surface area contributed by atoms with Crippen LogP contribution in [0.2, 0.25) is 0 Å². The second kappa shape index (κ2) is 3.79. The molecule has 3 heteroatoms. The van der Waals surface area contributed by atoms with Crippen LogP contribution in [0.4, 0.5) is 0 Å². The maximum atomic E-state index is 9.39. The molecule has 0 saturated heterocycles. The van der Waals surface area contributed by atoms with Crippen LogP contribution in [0, 0.1) is 0 Å². The summed E-state index contributed by atoms with van der Waals surface area (Å²) in [5.41, 5.74) is 6.58. The largest absolute Gasteiger partial charge is 0.508 e. The molecule has 0 unspecified atom stereocenters. The van der Waals surface area contributed by atoms with E-state index in [0.29, 0.717) is 6.54 Å². The lowest BCUT2D eigenvalue weighted by molar-refractivity contribution is 0.419. The van der Waals surface area contributed by atoms with E-state index in [4.69, 9.17) is 10.5 Å². The number of ether oxygens (including phenoxy) is 1. The van der Waals surface area contributed by atoms with Gasteiger partial charge in [-0.15, -0.1) is 0 Å². The molecule has 0 amide bonds. The lowest BCUT2D eigenvalue weighted by Gasteiger charge is -2.08. The Morgan fingerprint density at radius 1 is 1.27 bits per heavy atom. The van der Waals surface area contributed by atoms with Crippen molar-refractivity contribution in [2.45, 2.75) is 6.54 Å². The third-order valence-corrected chi connectivity index (χ3v) is 2.41. The third-order valence-electron chi connectivity index (χ3n) is 2.41. The fourth-order valence-corrected chi connectivity index (χ4v) is 1.67. The van der Waals surface area contributed by atoms with Gasteiger partial charge >= 0.3 is 0 Å². The maximum absolute atomic E-state index is 9.39. The lowest BCUT2D eigenvalue weighted by Crippen LogP contribution is -1.97. The highest BCUT2D eigenvalue weighted by atomic mass is 16.5. The Hall–Kier alpha value is -1.74. The number of phenols is 1. The summed E-state index contributed by atoms with van der Waals surface area (Å²) in [7, 11) is 1.63. The Bertz CT molecular complexity index is 494. The van der Waals surface area contributed by atoms with Crippen molar-refractivity contribution >= 4 is 10.8 Å². The molecule has 15 heavy (non-hydrogen) atoms. The first-order chi connectivity index (χ1) is 7.24. The molecule has 78 valence electrons. The van der Waals surface area contributed by atoms with E-state index in [0.717, 1.165) is 22.1 Å². The van der Waals surface area contributed by atoms with Crippen molar-refractivity contribution in [3.63, 3.8) is 0 Å². The van der Waals surface area contributed by atoms with Gasteiger partial charge < -0.3 is 15.6 Å². The van der Waals surface area contributed by atoms with E-state index in [2.05, 4.69) is 0 Å². The summed E-state index contributed by atoms with van der Waals surface area (Å²) in [4.78, 5) is 0. The molecule has 0 aliphatic rings. The number of methoxy groups -OCH3 is 1. The fourth-order valence-electron chi connectivity index (χ4n) is 1.67. The van der Waals surface area contributed by atoms with Crippen LogP contribution < -0.4 is 10.5 Å². The highest BCUT2D eigenvalue weighted by Gasteiger charge is 2.04. The molecular weight excluding hydrogens is 190 g/mol. The van der Waals surface area contributed by atoms with Gasteiger partial charge in [-0.3, -0.25) is 0 Å². The van der Waals surface area contributed by atoms with Gasteiger partial charge in [0.2, 0.25) is 0 Å². The minimum absolute atomic E-state index is 0.249. The molecule has 0 fully saturated rings. The zero-order valence-electron chi connectivity index (χ0n) is 8.53. The van der Waals surface area contributed by atoms with Crippen molar-refractivity contribution in [2.24, 2.45) is 5.73 Å². The van der Waals surface area contributed by atoms with Crippen molar-refractivity contribution in [2.75, 3.05) is 7.11 Å². The first kappa shape index (κ1) is 9.80. The minimum Gasteiger partial charge on any atom is -0.508 e. The number of aromatic hydroxyl groups is 1. The van der Waals surface area contributed by atoms with Crippen molar-refractivity contribution in [1.82, 2.24) is 0 Å². The maximum Gasteiger partial charge on any atom is 0.127 e. The third kappa shape index (κ3) is 1.74. The highest BCUT2D eigenvalue weighted by molar-refractivity contribution is 5.90. The van der Waals surface area contributed by atoms with Gasteiger partial charge in [0.15, 0.2) is 0 Å². The molecule has 3 N–H and O–H groups in total. The van der Waals surface area contributed by atoms with Crippen molar-refractivity contribution in [3.05, 3.63) is 35.9 Å². The van der Waals surface area contributed by atoms with Crippen molar-refractivity contribution in [3.8, 4) is 11.5 Å². The number of benzene rings is 2. The van der Waals surface area contributed by atoms with Crippen LogP contribution in [0.3, 0.4) is 0 Å². The Labute approximate surface area is 88.1 Å². The molecule has 3 nitrogen and oxygen atoms in total. The molecular formula is C12H13NO2. The van der Waals surface area contributed by atoms with E-state index in [1.165, 1.54) is 0 Å². The van der Waals surface area contributed by atoms with Gasteiger partial charge in [0.05, 0.1) is 7.11 Å². The second-order valence-electron chi connectivity index (χ2n) is 3.41. The van der Waals surface area contributed by atoms with E-state index in [-0.39, 0.29) is 5.75 Å². The monoisotopic (exact) mass is 203 g/mol. The summed E-state index contributed by atoms with van der Waals surface area (Å²) in [6.07, 6.45) is 0. The predicted molar refractivity (Wildman–Crippen MR) is 60.1 cm³/mol. The van der Waals surface area contributed by atoms with E-state index < -0.39 is 0 Å². The lowest BCUT2D eigenvalue weighted by atomic mass is 10.1. The van der Waals surface area contributed by atoms with Gasteiger partial charge in [-0.2, -0.15) is 0 Å². The molecule has 0 bridgehead atoms. The number of fused-ring (bicyclic) bond motifs is 1. The Kier molecular flexibility index (Phi) is 2.47. The Morgan fingerprint density at radius 3 is 2.73 bits per heavy atom. The average molecular weight is 203 g/mol. The van der Waals surface area contributed by atoms with Gasteiger partial charge in [-0.1, -0.05) is 0 Å². The predicted octanol–water partition coefficient (Wildman–Crippen LogP) is 2.01. The first-order valence-electron chi connectivity index (χ1n) is 4.74. The number of nitrogens with two attached hydrogens (primary N) is 1. The average Bonchev–Trinajstić information content (AvgIpc) is 2.26. The minimum atomic E-state index is 0.249.